The first-order chi connectivity index (χ1) is 12.4. The molecule has 1 N–H and O–H groups in total. The van der Waals surface area contributed by atoms with Crippen LogP contribution in [0.4, 0.5) is 0 Å². The molecule has 2 aliphatic rings. The van der Waals surface area contributed by atoms with Crippen molar-refractivity contribution < 1.29 is 13.2 Å². The lowest BCUT2D eigenvalue weighted by molar-refractivity contribution is 0.0926. The normalized spacial score (nSPS) is 27.3. The summed E-state index contributed by atoms with van der Waals surface area (Å²) in [5, 5.41) is 5.01. The summed E-state index contributed by atoms with van der Waals surface area (Å²) in [5.74, 6) is -0.362. The highest BCUT2D eigenvalue weighted by atomic mass is 32.2. The number of nitrogens with zero attached hydrogens (tertiary/aromatic N) is 3. The van der Waals surface area contributed by atoms with Gasteiger partial charge < -0.3 is 5.32 Å². The van der Waals surface area contributed by atoms with Gasteiger partial charge in [-0.3, -0.25) is 14.7 Å². The number of aryl methyl sites for hydroxylation is 1. The first kappa shape index (κ1) is 17.6. The summed E-state index contributed by atoms with van der Waals surface area (Å²) in [7, 11) is -3.21. The minimum atomic E-state index is -3.21. The summed E-state index contributed by atoms with van der Waals surface area (Å²) in [6.07, 6.45) is 3.52. The molecule has 2 aromatic rings. The van der Waals surface area contributed by atoms with E-state index < -0.39 is 15.1 Å². The van der Waals surface area contributed by atoms with Crippen LogP contribution >= 0.6 is 11.3 Å². The number of thiazole rings is 1. The first-order valence-electron chi connectivity index (χ1n) is 8.48. The smallest absolute Gasteiger partial charge is 0.271 e. The van der Waals surface area contributed by atoms with E-state index in [1.807, 2.05) is 19.1 Å². The zero-order valence-corrected chi connectivity index (χ0v) is 16.0. The minimum Gasteiger partial charge on any atom is -0.347 e. The maximum Gasteiger partial charge on any atom is 0.271 e. The second-order valence-corrected chi connectivity index (χ2v) is 10.2. The molecule has 9 heteroatoms. The summed E-state index contributed by atoms with van der Waals surface area (Å²) in [6, 6.07) is 3.50. The van der Waals surface area contributed by atoms with Gasteiger partial charge in [-0.1, -0.05) is 6.07 Å². The number of pyridine rings is 1. The molecule has 0 aliphatic carbocycles. The average Bonchev–Trinajstić information content (AvgIpc) is 3.26. The molecule has 4 rings (SSSR count). The summed E-state index contributed by atoms with van der Waals surface area (Å²) in [6.45, 7) is 3.66. The molecule has 0 radical (unpaired) electrons. The van der Waals surface area contributed by atoms with Crippen molar-refractivity contribution in [2.75, 3.05) is 18.8 Å². The fourth-order valence-electron chi connectivity index (χ4n) is 3.88. The number of rotatable bonds is 4. The molecule has 0 aromatic carbocycles. The number of hydrogen-bond donors (Lipinski definition) is 1. The molecule has 4 heterocycles. The molecule has 2 fully saturated rings. The molecular weight excluding hydrogens is 372 g/mol. The highest BCUT2D eigenvalue weighted by molar-refractivity contribution is 7.92. The Balaban J connectivity index is 1.47. The lowest BCUT2D eigenvalue weighted by Gasteiger charge is -2.20. The van der Waals surface area contributed by atoms with Crippen molar-refractivity contribution in [1.29, 1.82) is 0 Å². The topological polar surface area (TPSA) is 92.3 Å². The van der Waals surface area contributed by atoms with Gasteiger partial charge in [0, 0.05) is 49.4 Å². The molecule has 138 valence electrons. The van der Waals surface area contributed by atoms with Crippen molar-refractivity contribution in [2.45, 2.75) is 24.8 Å². The fourth-order valence-corrected chi connectivity index (χ4v) is 6.80. The largest absolute Gasteiger partial charge is 0.347 e. The number of hydrogen-bond acceptors (Lipinski definition) is 7. The summed E-state index contributed by atoms with van der Waals surface area (Å²) < 4.78 is 25.1. The van der Waals surface area contributed by atoms with E-state index in [0.29, 0.717) is 25.3 Å². The Labute approximate surface area is 156 Å². The number of nitrogens with one attached hydrogen (secondary N) is 1. The highest BCUT2D eigenvalue weighted by Gasteiger charge is 2.52. The number of carbonyl (C=O) groups excluding carboxylic acids is 1. The Morgan fingerprint density at radius 2 is 2.27 bits per heavy atom. The van der Waals surface area contributed by atoms with Crippen LogP contribution in [0, 0.1) is 12.8 Å². The minimum absolute atomic E-state index is 0.0118. The maximum absolute atomic E-state index is 12.6. The molecule has 7 nitrogen and oxygen atoms in total. The molecule has 2 saturated heterocycles. The third-order valence-electron chi connectivity index (χ3n) is 5.07. The lowest BCUT2D eigenvalue weighted by Crippen LogP contribution is -2.42. The van der Waals surface area contributed by atoms with E-state index in [4.69, 9.17) is 0 Å². The first-order valence-corrected chi connectivity index (χ1v) is 11.1. The fraction of sp³-hybridized carbons (Fsp3) is 0.471. The third kappa shape index (κ3) is 3.38. The van der Waals surface area contributed by atoms with Crippen LogP contribution < -0.4 is 5.32 Å². The van der Waals surface area contributed by atoms with Gasteiger partial charge in [-0.05, 0) is 18.6 Å². The standard InChI is InChI=1S/C17H20N4O3S2/c1-11-19-14(9-25-11)17(22)20-15-10-26(23,24)16-8-21(7-13(15)16)6-12-3-2-4-18-5-12/h2-5,9,13,15-16H,6-8,10H2,1H3,(H,20,22)/t13-,15+,16-/m0/s1. The van der Waals surface area contributed by atoms with E-state index in [9.17, 15) is 13.2 Å². The Hall–Kier alpha value is -1.84. The highest BCUT2D eigenvalue weighted by Crippen LogP contribution is 2.34. The molecule has 0 saturated carbocycles. The van der Waals surface area contributed by atoms with Gasteiger partial charge in [0.2, 0.25) is 0 Å². The third-order valence-corrected chi connectivity index (χ3v) is 8.09. The van der Waals surface area contributed by atoms with Gasteiger partial charge in [0.15, 0.2) is 9.84 Å². The number of sulfone groups is 1. The maximum atomic E-state index is 12.6. The number of aromatic nitrogens is 2. The van der Waals surface area contributed by atoms with Gasteiger partial charge in [-0.15, -0.1) is 11.3 Å². The van der Waals surface area contributed by atoms with Crippen LogP contribution in [0.3, 0.4) is 0 Å². The van der Waals surface area contributed by atoms with Gasteiger partial charge in [-0.25, -0.2) is 13.4 Å². The van der Waals surface area contributed by atoms with Crippen LogP contribution in [0.1, 0.15) is 21.1 Å². The van der Waals surface area contributed by atoms with Crippen molar-refractivity contribution in [1.82, 2.24) is 20.2 Å². The van der Waals surface area contributed by atoms with E-state index >= 15 is 0 Å². The van der Waals surface area contributed by atoms with Gasteiger partial charge in [-0.2, -0.15) is 0 Å². The Bertz CT molecular complexity index is 913. The summed E-state index contributed by atoms with van der Waals surface area (Å²) in [4.78, 5) is 22.8. The van der Waals surface area contributed by atoms with E-state index in [1.165, 1.54) is 11.3 Å². The van der Waals surface area contributed by atoms with Crippen molar-refractivity contribution in [3.63, 3.8) is 0 Å². The number of carbonyl (C=O) groups is 1. The molecular formula is C17H20N4O3S2. The van der Waals surface area contributed by atoms with Crippen molar-refractivity contribution in [2.24, 2.45) is 5.92 Å². The summed E-state index contributed by atoms with van der Waals surface area (Å²) in [5.41, 5.74) is 1.42. The van der Waals surface area contributed by atoms with E-state index in [1.54, 1.807) is 17.8 Å². The quantitative estimate of drug-likeness (QED) is 0.830. The Morgan fingerprint density at radius 1 is 1.42 bits per heavy atom. The molecule has 2 aliphatic heterocycles. The van der Waals surface area contributed by atoms with Crippen LogP contribution in [0.25, 0.3) is 0 Å². The van der Waals surface area contributed by atoms with Gasteiger partial charge in [0.25, 0.3) is 5.91 Å². The zero-order chi connectivity index (χ0) is 18.3. The predicted molar refractivity (Wildman–Crippen MR) is 98.7 cm³/mol. The predicted octanol–water partition coefficient (Wildman–Crippen LogP) is 0.874. The molecule has 0 unspecified atom stereocenters. The van der Waals surface area contributed by atoms with Crippen LogP contribution in [-0.2, 0) is 16.4 Å². The molecule has 0 spiro atoms. The molecule has 3 atom stereocenters. The van der Waals surface area contributed by atoms with Crippen LogP contribution in [0.5, 0.6) is 0 Å². The molecule has 2 aromatic heterocycles. The number of amides is 1. The Morgan fingerprint density at radius 3 is 2.96 bits per heavy atom. The van der Waals surface area contributed by atoms with Gasteiger partial charge in [0.05, 0.1) is 16.0 Å². The monoisotopic (exact) mass is 392 g/mol. The zero-order valence-electron chi connectivity index (χ0n) is 14.3. The second-order valence-electron chi connectivity index (χ2n) is 6.92. The van der Waals surface area contributed by atoms with Crippen molar-refractivity contribution in [3.8, 4) is 0 Å². The summed E-state index contributed by atoms with van der Waals surface area (Å²) >= 11 is 1.41. The van der Waals surface area contributed by atoms with Crippen LogP contribution in [0.15, 0.2) is 29.9 Å². The van der Waals surface area contributed by atoms with E-state index in [-0.39, 0.29) is 23.6 Å². The molecule has 1 amide bonds. The second kappa shape index (κ2) is 6.71. The van der Waals surface area contributed by atoms with E-state index in [0.717, 1.165) is 10.6 Å². The SMILES string of the molecule is Cc1nc(C(=O)N[C@@H]2CS(=O)(=O)[C@H]3CN(Cc4cccnc4)C[C@@H]23)cs1. The van der Waals surface area contributed by atoms with Gasteiger partial charge >= 0.3 is 0 Å². The Kier molecular flexibility index (Phi) is 4.54. The van der Waals surface area contributed by atoms with E-state index in [2.05, 4.69) is 20.2 Å². The molecule has 0 bridgehead atoms. The average molecular weight is 393 g/mol. The van der Waals surface area contributed by atoms with Crippen molar-refractivity contribution in [3.05, 3.63) is 46.2 Å². The molecule has 26 heavy (non-hydrogen) atoms. The number of fused-ring (bicyclic) bond motifs is 1. The van der Waals surface area contributed by atoms with Crippen molar-refractivity contribution >= 4 is 27.1 Å². The van der Waals surface area contributed by atoms with Crippen LogP contribution in [0.2, 0.25) is 0 Å². The van der Waals surface area contributed by atoms with Crippen LogP contribution in [-0.4, -0.2) is 59.3 Å². The number of likely N-dealkylation sites (tertiary alicyclic amines) is 1. The van der Waals surface area contributed by atoms with Gasteiger partial charge in [0.1, 0.15) is 5.69 Å². The lowest BCUT2D eigenvalue weighted by atomic mass is 10.0.